The molecule has 0 N–H and O–H groups in total. The quantitative estimate of drug-likeness (QED) is 0.0261. The molecule has 0 aliphatic rings. The van der Waals surface area contributed by atoms with Crippen LogP contribution in [0.25, 0.3) is 0 Å². The van der Waals surface area contributed by atoms with Crippen molar-refractivity contribution < 1.29 is 28.6 Å². The fourth-order valence-electron chi connectivity index (χ4n) is 9.14. The second kappa shape index (κ2) is 62.4. The van der Waals surface area contributed by atoms with Crippen molar-refractivity contribution in [3.63, 3.8) is 0 Å². The van der Waals surface area contributed by atoms with Crippen molar-refractivity contribution >= 4 is 17.9 Å². The maximum absolute atomic E-state index is 12.8. The van der Waals surface area contributed by atoms with E-state index in [1.165, 1.54) is 180 Å². The van der Waals surface area contributed by atoms with Crippen molar-refractivity contribution in [2.75, 3.05) is 13.2 Å². The predicted molar refractivity (Wildman–Crippen MR) is 321 cm³/mol. The highest BCUT2D eigenvalue weighted by Gasteiger charge is 2.19. The van der Waals surface area contributed by atoms with Crippen molar-refractivity contribution in [3.8, 4) is 0 Å². The van der Waals surface area contributed by atoms with Gasteiger partial charge >= 0.3 is 17.9 Å². The van der Waals surface area contributed by atoms with Crippen LogP contribution in [0.5, 0.6) is 0 Å². The Morgan fingerprint density at radius 3 is 0.919 bits per heavy atom. The van der Waals surface area contributed by atoms with Gasteiger partial charge in [-0.05, 0) is 103 Å². The van der Waals surface area contributed by atoms with E-state index in [0.29, 0.717) is 19.3 Å². The molecule has 1 unspecified atom stereocenters. The lowest BCUT2D eigenvalue weighted by Crippen LogP contribution is -2.30. The fourth-order valence-corrected chi connectivity index (χ4v) is 9.14. The highest BCUT2D eigenvalue weighted by molar-refractivity contribution is 5.71. The van der Waals surface area contributed by atoms with Gasteiger partial charge in [0.25, 0.3) is 0 Å². The van der Waals surface area contributed by atoms with Gasteiger partial charge in [-0.1, -0.05) is 273 Å². The molecule has 0 spiro atoms. The second-order valence-electron chi connectivity index (χ2n) is 21.3. The summed E-state index contributed by atoms with van der Waals surface area (Å²) in [5.74, 6) is -0.936. The van der Waals surface area contributed by atoms with E-state index >= 15 is 0 Å². The minimum atomic E-state index is -0.799. The number of rotatable bonds is 58. The van der Waals surface area contributed by atoms with Gasteiger partial charge in [0, 0.05) is 19.3 Å². The Bertz CT molecular complexity index is 1370. The summed E-state index contributed by atoms with van der Waals surface area (Å²) in [5.41, 5.74) is 0. The summed E-state index contributed by atoms with van der Waals surface area (Å²) >= 11 is 0. The van der Waals surface area contributed by atoms with E-state index in [0.717, 1.165) is 96.3 Å². The Morgan fingerprint density at radius 2 is 0.554 bits per heavy atom. The Hall–Kier alpha value is -3.15. The monoisotopic (exact) mass is 1030 g/mol. The number of hydrogen-bond donors (Lipinski definition) is 0. The Labute approximate surface area is 459 Å². The molecule has 1 atom stereocenters. The SMILES string of the molecule is CC/C=C\C/C=C\C/C=C\C/C=C\CCCCC(=O)OC(COC(=O)CCCCCCC/C=C\CCC)COC(=O)CCCCCCCCCCCCCCCCCCCCC/C=C\CCCCCCCCCC. The first kappa shape index (κ1) is 70.8. The van der Waals surface area contributed by atoms with Crippen LogP contribution in [0.15, 0.2) is 72.9 Å². The summed E-state index contributed by atoms with van der Waals surface area (Å²) in [4.78, 5) is 38.1. The van der Waals surface area contributed by atoms with E-state index in [1.807, 2.05) is 0 Å². The van der Waals surface area contributed by atoms with E-state index in [1.54, 1.807) is 0 Å². The van der Waals surface area contributed by atoms with Crippen molar-refractivity contribution in [1.29, 1.82) is 0 Å². The van der Waals surface area contributed by atoms with Gasteiger partial charge in [0.05, 0.1) is 0 Å². The van der Waals surface area contributed by atoms with Crippen LogP contribution in [-0.4, -0.2) is 37.2 Å². The first-order chi connectivity index (χ1) is 36.5. The molecular formula is C68H120O6. The highest BCUT2D eigenvalue weighted by Crippen LogP contribution is 2.17. The maximum Gasteiger partial charge on any atom is 0.306 e. The van der Waals surface area contributed by atoms with Crippen LogP contribution in [0.3, 0.4) is 0 Å². The van der Waals surface area contributed by atoms with Gasteiger partial charge in [-0.3, -0.25) is 14.4 Å². The summed E-state index contributed by atoms with van der Waals surface area (Å²) < 4.78 is 16.8. The second-order valence-corrected chi connectivity index (χ2v) is 21.3. The molecule has 0 aliphatic carbocycles. The lowest BCUT2D eigenvalue weighted by molar-refractivity contribution is -0.167. The largest absolute Gasteiger partial charge is 0.462 e. The molecule has 0 amide bonds. The third-order valence-electron chi connectivity index (χ3n) is 13.9. The standard InChI is InChI=1S/C68H120O6/c1-4-7-10-13-16-19-22-24-26-27-28-29-30-31-32-33-34-35-36-37-38-39-40-41-43-44-46-49-52-55-58-61-67(70)73-64-65(63-72-66(69)60-57-54-51-48-21-18-15-12-9-6-3)74-68(71)62-59-56-53-50-47-45-42-25-23-20-17-14-11-8-5-2/h8,11-12,15,17,20,25,27-28,42,47,50,65H,4-7,9-10,13-14,16,18-19,21-24,26,29-41,43-46,48-49,51-64H2,1-3H3/b11-8-,15-12-,20-17-,28-27-,42-25-,50-47-. The number of esters is 3. The Balaban J connectivity index is 4.11. The number of ether oxygens (including phenoxy) is 3. The number of carbonyl (C=O) groups excluding carboxylic acids is 3. The van der Waals surface area contributed by atoms with E-state index in [2.05, 4.69) is 93.7 Å². The van der Waals surface area contributed by atoms with Crippen LogP contribution in [0.4, 0.5) is 0 Å². The average molecular weight is 1030 g/mol. The third-order valence-corrected chi connectivity index (χ3v) is 13.9. The van der Waals surface area contributed by atoms with Gasteiger partial charge in [0.1, 0.15) is 13.2 Å². The van der Waals surface area contributed by atoms with Crippen LogP contribution in [0.2, 0.25) is 0 Å². The lowest BCUT2D eigenvalue weighted by Gasteiger charge is -2.18. The van der Waals surface area contributed by atoms with Crippen LogP contribution in [0, 0.1) is 0 Å². The Morgan fingerprint density at radius 1 is 0.284 bits per heavy atom. The van der Waals surface area contributed by atoms with E-state index in [-0.39, 0.29) is 37.5 Å². The van der Waals surface area contributed by atoms with Gasteiger partial charge in [0.15, 0.2) is 6.10 Å². The van der Waals surface area contributed by atoms with Gasteiger partial charge in [-0.2, -0.15) is 0 Å². The molecule has 0 aromatic heterocycles. The van der Waals surface area contributed by atoms with E-state index in [4.69, 9.17) is 14.2 Å². The van der Waals surface area contributed by atoms with E-state index in [9.17, 15) is 14.4 Å². The molecule has 0 saturated carbocycles. The summed E-state index contributed by atoms with van der Waals surface area (Å²) in [7, 11) is 0. The zero-order chi connectivity index (χ0) is 53.6. The van der Waals surface area contributed by atoms with Crippen LogP contribution >= 0.6 is 0 Å². The topological polar surface area (TPSA) is 78.9 Å². The molecule has 74 heavy (non-hydrogen) atoms. The van der Waals surface area contributed by atoms with Crippen molar-refractivity contribution in [1.82, 2.24) is 0 Å². The summed E-state index contributed by atoms with van der Waals surface area (Å²) in [6.45, 7) is 6.45. The smallest absolute Gasteiger partial charge is 0.306 e. The van der Waals surface area contributed by atoms with Crippen molar-refractivity contribution in [3.05, 3.63) is 72.9 Å². The number of allylic oxidation sites excluding steroid dienone is 12. The van der Waals surface area contributed by atoms with Crippen molar-refractivity contribution in [2.45, 2.75) is 329 Å². The fraction of sp³-hybridized carbons (Fsp3) is 0.779. The highest BCUT2D eigenvalue weighted by atomic mass is 16.6. The molecule has 0 rings (SSSR count). The number of unbranched alkanes of at least 4 members (excludes halogenated alkanes) is 35. The van der Waals surface area contributed by atoms with Gasteiger partial charge < -0.3 is 14.2 Å². The van der Waals surface area contributed by atoms with Gasteiger partial charge in [-0.15, -0.1) is 0 Å². The normalized spacial score (nSPS) is 12.5. The molecular weight excluding hydrogens is 913 g/mol. The molecule has 0 bridgehead atoms. The van der Waals surface area contributed by atoms with Crippen LogP contribution < -0.4 is 0 Å². The molecule has 6 nitrogen and oxygen atoms in total. The minimum absolute atomic E-state index is 0.0927. The molecule has 0 aliphatic heterocycles. The summed E-state index contributed by atoms with van der Waals surface area (Å²) in [5, 5.41) is 0. The minimum Gasteiger partial charge on any atom is -0.462 e. The van der Waals surface area contributed by atoms with Crippen LogP contribution in [0.1, 0.15) is 323 Å². The molecule has 6 heteroatoms. The van der Waals surface area contributed by atoms with Gasteiger partial charge in [-0.25, -0.2) is 0 Å². The zero-order valence-electron chi connectivity index (χ0n) is 49.1. The molecule has 0 fully saturated rings. The zero-order valence-corrected chi connectivity index (χ0v) is 49.1. The number of hydrogen-bond acceptors (Lipinski definition) is 6. The van der Waals surface area contributed by atoms with Gasteiger partial charge in [0.2, 0.25) is 0 Å². The third kappa shape index (κ3) is 59.7. The molecule has 0 aromatic rings. The summed E-state index contributed by atoms with van der Waals surface area (Å²) in [6, 6.07) is 0. The molecule has 0 radical (unpaired) electrons. The molecule has 0 saturated heterocycles. The lowest BCUT2D eigenvalue weighted by atomic mass is 10.0. The first-order valence-corrected chi connectivity index (χ1v) is 31.9. The first-order valence-electron chi connectivity index (χ1n) is 31.9. The van der Waals surface area contributed by atoms with Crippen molar-refractivity contribution in [2.24, 2.45) is 0 Å². The molecule has 428 valence electrons. The number of carbonyl (C=O) groups is 3. The maximum atomic E-state index is 12.8. The van der Waals surface area contributed by atoms with Crippen LogP contribution in [-0.2, 0) is 28.6 Å². The Kier molecular flexibility index (Phi) is 59.7. The summed E-state index contributed by atoms with van der Waals surface area (Å²) in [6.07, 6.45) is 80.9. The predicted octanol–water partition coefficient (Wildman–Crippen LogP) is 21.7. The molecule has 0 aromatic carbocycles. The van der Waals surface area contributed by atoms with E-state index < -0.39 is 6.10 Å². The average Bonchev–Trinajstić information content (AvgIpc) is 3.40. The molecule has 0 heterocycles.